The van der Waals surface area contributed by atoms with Gasteiger partial charge < -0.3 is 0 Å². The third-order valence-electron chi connectivity index (χ3n) is 1.50. The van der Waals surface area contributed by atoms with Crippen LogP contribution in [0.4, 0.5) is 0 Å². The molecular weight excluding hydrogens is 235 g/mol. The van der Waals surface area contributed by atoms with Crippen molar-refractivity contribution in [3.05, 3.63) is 40.4 Å². The summed E-state index contributed by atoms with van der Waals surface area (Å²) in [6, 6.07) is 7.97. The summed E-state index contributed by atoms with van der Waals surface area (Å²) in [6.07, 6.45) is 2.97. The minimum absolute atomic E-state index is 0.824. The fourth-order valence-electron chi connectivity index (χ4n) is 0.906. The topological polar surface area (TPSA) is 0 Å². The Hall–Kier alpha value is -0.270. The Morgan fingerprint density at radius 1 is 1.42 bits per heavy atom. The van der Waals surface area contributed by atoms with Crippen molar-refractivity contribution in [1.29, 1.82) is 0 Å². The smallest absolute Gasteiger partial charge is 0.0438 e. The number of allylic oxidation sites excluding steroid dienone is 1. The van der Waals surface area contributed by atoms with Crippen LogP contribution in [0.3, 0.4) is 0 Å². The highest BCUT2D eigenvalue weighted by Gasteiger charge is 1.95. The van der Waals surface area contributed by atoms with E-state index in [2.05, 4.69) is 22.9 Å². The van der Waals surface area contributed by atoms with E-state index in [0.717, 1.165) is 21.5 Å². The molecule has 0 aliphatic rings. The number of halogens is 2. The van der Waals surface area contributed by atoms with E-state index in [1.54, 1.807) is 0 Å². The van der Waals surface area contributed by atoms with Gasteiger partial charge in [-0.1, -0.05) is 52.7 Å². The molecular formula is C10H10BrCl. The van der Waals surface area contributed by atoms with Gasteiger partial charge in [-0.3, -0.25) is 0 Å². The summed E-state index contributed by atoms with van der Waals surface area (Å²) in [5.41, 5.74) is 1.07. The average molecular weight is 246 g/mol. The molecule has 0 fully saturated rings. The first-order valence-corrected chi connectivity index (χ1v) is 5.02. The Labute approximate surface area is 86.4 Å². The Morgan fingerprint density at radius 2 is 2.00 bits per heavy atom. The monoisotopic (exact) mass is 244 g/mol. The molecule has 0 spiro atoms. The summed E-state index contributed by atoms with van der Waals surface area (Å²) in [5, 5.41) is 0.824. The molecule has 0 saturated carbocycles. The third kappa shape index (κ3) is 2.65. The van der Waals surface area contributed by atoms with Gasteiger partial charge in [0.05, 0.1) is 0 Å². The minimum atomic E-state index is 0.824. The lowest BCUT2D eigenvalue weighted by molar-refractivity contribution is 1.23. The summed E-state index contributed by atoms with van der Waals surface area (Å²) in [4.78, 5) is 0. The summed E-state index contributed by atoms with van der Waals surface area (Å²) in [7, 11) is 0. The van der Waals surface area contributed by atoms with Gasteiger partial charge in [0, 0.05) is 9.51 Å². The fourth-order valence-corrected chi connectivity index (χ4v) is 1.45. The van der Waals surface area contributed by atoms with Gasteiger partial charge in [0.1, 0.15) is 0 Å². The van der Waals surface area contributed by atoms with Crippen LogP contribution in [0.2, 0.25) is 0 Å². The predicted octanol–water partition coefficient (Wildman–Crippen LogP) is 4.44. The van der Waals surface area contributed by atoms with Crippen molar-refractivity contribution in [2.45, 2.75) is 13.3 Å². The highest BCUT2D eigenvalue weighted by Crippen LogP contribution is 2.21. The summed E-state index contributed by atoms with van der Waals surface area (Å²) >= 11 is 9.38. The van der Waals surface area contributed by atoms with Crippen molar-refractivity contribution in [1.82, 2.24) is 0 Å². The van der Waals surface area contributed by atoms with E-state index in [1.165, 1.54) is 0 Å². The Kier molecular flexibility index (Phi) is 3.83. The van der Waals surface area contributed by atoms with Gasteiger partial charge in [-0.15, -0.1) is 0 Å². The molecule has 0 heterocycles. The van der Waals surface area contributed by atoms with Gasteiger partial charge in [-0.05, 0) is 24.1 Å². The van der Waals surface area contributed by atoms with Crippen LogP contribution in [0, 0.1) is 0 Å². The molecule has 0 atom stereocenters. The zero-order valence-electron chi connectivity index (χ0n) is 6.85. The largest absolute Gasteiger partial charge is 0.0840 e. The summed E-state index contributed by atoms with van der Waals surface area (Å²) in [5.74, 6) is 0. The van der Waals surface area contributed by atoms with Crippen molar-refractivity contribution in [2.24, 2.45) is 0 Å². The van der Waals surface area contributed by atoms with Crippen LogP contribution in [-0.4, -0.2) is 0 Å². The Morgan fingerprint density at radius 3 is 2.50 bits per heavy atom. The van der Waals surface area contributed by atoms with E-state index in [-0.39, 0.29) is 0 Å². The van der Waals surface area contributed by atoms with E-state index < -0.39 is 0 Å². The lowest BCUT2D eigenvalue weighted by atomic mass is 10.2. The first-order chi connectivity index (χ1) is 5.74. The van der Waals surface area contributed by atoms with E-state index in [9.17, 15) is 0 Å². The summed E-state index contributed by atoms with van der Waals surface area (Å²) < 4.78 is 1.08. The van der Waals surface area contributed by atoms with E-state index in [1.807, 2.05) is 30.3 Å². The number of hydrogen-bond acceptors (Lipinski definition) is 0. The second-order valence-electron chi connectivity index (χ2n) is 2.47. The molecule has 1 aromatic carbocycles. The SMILES string of the molecule is CC/C=C(/Cl)c1ccc(Br)cc1. The van der Waals surface area contributed by atoms with Crippen LogP contribution < -0.4 is 0 Å². The molecule has 0 aliphatic carbocycles. The standard InChI is InChI=1S/C10H10BrCl/c1-2-3-10(12)8-4-6-9(11)7-5-8/h3-7H,2H2,1H3/b10-3+. The van der Waals surface area contributed by atoms with E-state index in [4.69, 9.17) is 11.6 Å². The molecule has 0 bridgehead atoms. The first-order valence-electron chi connectivity index (χ1n) is 3.85. The molecule has 64 valence electrons. The van der Waals surface area contributed by atoms with Gasteiger partial charge in [0.2, 0.25) is 0 Å². The van der Waals surface area contributed by atoms with Crippen LogP contribution in [0.25, 0.3) is 5.03 Å². The lowest BCUT2D eigenvalue weighted by Crippen LogP contribution is -1.75. The molecule has 0 radical (unpaired) electrons. The van der Waals surface area contributed by atoms with Crippen molar-refractivity contribution in [2.75, 3.05) is 0 Å². The van der Waals surface area contributed by atoms with Crippen LogP contribution >= 0.6 is 27.5 Å². The van der Waals surface area contributed by atoms with E-state index in [0.29, 0.717) is 0 Å². The third-order valence-corrected chi connectivity index (χ3v) is 2.40. The molecule has 0 aliphatic heterocycles. The molecule has 12 heavy (non-hydrogen) atoms. The second-order valence-corrected chi connectivity index (χ2v) is 3.79. The van der Waals surface area contributed by atoms with Crippen LogP contribution in [0.15, 0.2) is 34.8 Å². The maximum absolute atomic E-state index is 6.00. The average Bonchev–Trinajstić information content (AvgIpc) is 2.06. The van der Waals surface area contributed by atoms with Crippen molar-refractivity contribution < 1.29 is 0 Å². The second kappa shape index (κ2) is 4.68. The van der Waals surface area contributed by atoms with Gasteiger partial charge >= 0.3 is 0 Å². The quantitative estimate of drug-likeness (QED) is 0.723. The fraction of sp³-hybridized carbons (Fsp3) is 0.200. The molecule has 0 unspecified atom stereocenters. The highest BCUT2D eigenvalue weighted by atomic mass is 79.9. The predicted molar refractivity (Wildman–Crippen MR) is 58.3 cm³/mol. The molecule has 2 heteroatoms. The molecule has 0 amide bonds. The number of benzene rings is 1. The van der Waals surface area contributed by atoms with Crippen LogP contribution in [0.5, 0.6) is 0 Å². The van der Waals surface area contributed by atoms with Crippen LogP contribution in [-0.2, 0) is 0 Å². The molecule has 0 nitrogen and oxygen atoms in total. The van der Waals surface area contributed by atoms with Gasteiger partial charge in [0.15, 0.2) is 0 Å². The van der Waals surface area contributed by atoms with Crippen molar-refractivity contribution in [3.63, 3.8) is 0 Å². The molecule has 1 rings (SSSR count). The van der Waals surface area contributed by atoms with E-state index >= 15 is 0 Å². The molecule has 1 aromatic rings. The van der Waals surface area contributed by atoms with Gasteiger partial charge in [-0.2, -0.15) is 0 Å². The summed E-state index contributed by atoms with van der Waals surface area (Å²) in [6.45, 7) is 2.07. The van der Waals surface area contributed by atoms with Gasteiger partial charge in [0.25, 0.3) is 0 Å². The molecule has 0 saturated heterocycles. The maximum Gasteiger partial charge on any atom is 0.0438 e. The van der Waals surface area contributed by atoms with Crippen LogP contribution in [0.1, 0.15) is 18.9 Å². The van der Waals surface area contributed by atoms with Crippen molar-refractivity contribution in [3.8, 4) is 0 Å². The minimum Gasteiger partial charge on any atom is -0.0840 e. The number of rotatable bonds is 2. The van der Waals surface area contributed by atoms with Gasteiger partial charge in [-0.25, -0.2) is 0 Å². The maximum atomic E-state index is 6.00. The zero-order valence-corrected chi connectivity index (χ0v) is 9.19. The lowest BCUT2D eigenvalue weighted by Gasteiger charge is -1.98. The normalized spacial score (nSPS) is 11.8. The Balaban J connectivity index is 2.89. The Bertz CT molecular complexity index is 274. The number of hydrogen-bond donors (Lipinski definition) is 0. The zero-order chi connectivity index (χ0) is 8.97. The molecule has 0 N–H and O–H groups in total. The van der Waals surface area contributed by atoms with Crippen molar-refractivity contribution >= 4 is 32.6 Å². The highest BCUT2D eigenvalue weighted by molar-refractivity contribution is 9.10. The molecule has 0 aromatic heterocycles. The first kappa shape index (κ1) is 9.82.